The molecule has 0 saturated heterocycles. The summed E-state index contributed by atoms with van der Waals surface area (Å²) in [6.07, 6.45) is 3.32. The van der Waals surface area contributed by atoms with Crippen LogP contribution in [0.3, 0.4) is 0 Å². The van der Waals surface area contributed by atoms with E-state index >= 15 is 0 Å². The minimum absolute atomic E-state index is 0.275. The van der Waals surface area contributed by atoms with Crippen molar-refractivity contribution < 1.29 is 14.3 Å². The van der Waals surface area contributed by atoms with Crippen molar-refractivity contribution in [3.8, 4) is 22.6 Å². The van der Waals surface area contributed by atoms with Crippen molar-refractivity contribution in [2.75, 3.05) is 19.5 Å². The summed E-state index contributed by atoms with van der Waals surface area (Å²) in [6.45, 7) is 1.84. The van der Waals surface area contributed by atoms with Crippen LogP contribution in [0.15, 0.2) is 60.9 Å². The number of carbonyl (C=O) groups is 1. The van der Waals surface area contributed by atoms with Crippen molar-refractivity contribution in [2.45, 2.75) is 6.92 Å². The lowest BCUT2D eigenvalue weighted by Crippen LogP contribution is -2.16. The second-order valence-electron chi connectivity index (χ2n) is 6.43. The molecule has 0 fully saturated rings. The molecule has 0 aliphatic carbocycles. The molecule has 1 N–H and O–H groups in total. The van der Waals surface area contributed by atoms with Crippen molar-refractivity contribution >= 4 is 17.2 Å². The molecule has 7 heteroatoms. The van der Waals surface area contributed by atoms with Crippen LogP contribution in [0.2, 0.25) is 0 Å². The van der Waals surface area contributed by atoms with Crippen LogP contribution in [0.5, 0.6) is 11.5 Å². The van der Waals surface area contributed by atoms with Crippen LogP contribution in [0.25, 0.3) is 16.8 Å². The van der Waals surface area contributed by atoms with Gasteiger partial charge in [-0.1, -0.05) is 24.3 Å². The molecule has 29 heavy (non-hydrogen) atoms. The SMILES string of the molecule is COc1ccc(-c2cnn3c(C)c(C(=O)Nc4ccccc4OC)cnc23)cc1. The molecule has 0 radical (unpaired) electrons. The minimum Gasteiger partial charge on any atom is -0.497 e. The molecule has 2 aromatic carbocycles. The molecule has 1 amide bonds. The quantitative estimate of drug-likeness (QED) is 0.560. The molecule has 0 unspecified atom stereocenters. The van der Waals surface area contributed by atoms with Crippen molar-refractivity contribution in [3.63, 3.8) is 0 Å². The van der Waals surface area contributed by atoms with Crippen molar-refractivity contribution in [1.82, 2.24) is 14.6 Å². The number of hydrogen-bond acceptors (Lipinski definition) is 5. The molecular weight excluding hydrogens is 368 g/mol. The number of methoxy groups -OCH3 is 2. The Kier molecular flexibility index (Phi) is 4.87. The fourth-order valence-corrected chi connectivity index (χ4v) is 3.18. The van der Waals surface area contributed by atoms with Gasteiger partial charge in [-0.25, -0.2) is 9.50 Å². The van der Waals surface area contributed by atoms with E-state index in [0.29, 0.717) is 28.3 Å². The number of nitrogens with one attached hydrogen (secondary N) is 1. The molecule has 4 aromatic rings. The Bertz CT molecular complexity index is 1180. The predicted molar refractivity (Wildman–Crippen MR) is 111 cm³/mol. The van der Waals surface area contributed by atoms with E-state index in [-0.39, 0.29) is 5.91 Å². The number of rotatable bonds is 5. The van der Waals surface area contributed by atoms with Gasteiger partial charge < -0.3 is 14.8 Å². The molecule has 0 spiro atoms. The van der Waals surface area contributed by atoms with Gasteiger partial charge in [-0.05, 0) is 36.8 Å². The van der Waals surface area contributed by atoms with Gasteiger partial charge in [-0.3, -0.25) is 4.79 Å². The Morgan fingerprint density at radius 3 is 2.48 bits per heavy atom. The third kappa shape index (κ3) is 3.38. The number of anilines is 1. The standard InChI is InChI=1S/C22H20N4O3/c1-14-17(22(27)25-19-6-4-5-7-20(19)29-3)12-23-21-18(13-24-26(14)21)15-8-10-16(28-2)11-9-15/h4-13H,1-3H3,(H,25,27). The molecule has 0 bridgehead atoms. The first-order valence-electron chi connectivity index (χ1n) is 9.04. The zero-order chi connectivity index (χ0) is 20.4. The maximum absolute atomic E-state index is 12.8. The number of hydrogen-bond donors (Lipinski definition) is 1. The van der Waals surface area contributed by atoms with Crippen LogP contribution < -0.4 is 14.8 Å². The Hall–Kier alpha value is -3.87. The van der Waals surface area contributed by atoms with E-state index in [4.69, 9.17) is 9.47 Å². The van der Waals surface area contributed by atoms with Crippen LogP contribution in [0, 0.1) is 6.92 Å². The second kappa shape index (κ2) is 7.63. The van der Waals surface area contributed by atoms with E-state index in [0.717, 1.165) is 16.9 Å². The summed E-state index contributed by atoms with van der Waals surface area (Å²) in [6, 6.07) is 14.9. The number of ether oxygens (including phenoxy) is 2. The summed E-state index contributed by atoms with van der Waals surface area (Å²) in [5.41, 5.74) is 4.27. The monoisotopic (exact) mass is 388 g/mol. The molecule has 4 rings (SSSR count). The Morgan fingerprint density at radius 2 is 1.76 bits per heavy atom. The summed E-state index contributed by atoms with van der Waals surface area (Å²) < 4.78 is 12.2. The highest BCUT2D eigenvalue weighted by molar-refractivity contribution is 6.05. The van der Waals surface area contributed by atoms with Crippen LogP contribution >= 0.6 is 0 Å². The highest BCUT2D eigenvalue weighted by Gasteiger charge is 2.17. The molecule has 7 nitrogen and oxygen atoms in total. The summed E-state index contributed by atoms with van der Waals surface area (Å²) in [4.78, 5) is 17.3. The van der Waals surface area contributed by atoms with Crippen molar-refractivity contribution in [1.29, 1.82) is 0 Å². The number of para-hydroxylation sites is 2. The van der Waals surface area contributed by atoms with Gasteiger partial charge in [-0.2, -0.15) is 5.10 Å². The molecule has 0 saturated carbocycles. The van der Waals surface area contributed by atoms with E-state index in [1.54, 1.807) is 43.3 Å². The first-order chi connectivity index (χ1) is 14.1. The zero-order valence-corrected chi connectivity index (χ0v) is 16.3. The van der Waals surface area contributed by atoms with Gasteiger partial charge in [0.25, 0.3) is 5.91 Å². The lowest BCUT2D eigenvalue weighted by atomic mass is 10.1. The first-order valence-corrected chi connectivity index (χ1v) is 9.04. The second-order valence-corrected chi connectivity index (χ2v) is 6.43. The van der Waals surface area contributed by atoms with Crippen molar-refractivity contribution in [2.24, 2.45) is 0 Å². The van der Waals surface area contributed by atoms with Gasteiger partial charge in [0.15, 0.2) is 5.65 Å². The maximum Gasteiger partial charge on any atom is 0.259 e. The summed E-state index contributed by atoms with van der Waals surface area (Å²) in [5.74, 6) is 1.10. The van der Waals surface area contributed by atoms with Gasteiger partial charge in [0.05, 0.1) is 37.4 Å². The van der Waals surface area contributed by atoms with Gasteiger partial charge in [-0.15, -0.1) is 0 Å². The van der Waals surface area contributed by atoms with Gasteiger partial charge in [0.2, 0.25) is 0 Å². The number of nitrogens with zero attached hydrogens (tertiary/aromatic N) is 3. The fraction of sp³-hybridized carbons (Fsp3) is 0.136. The molecule has 0 aliphatic heterocycles. The third-order valence-electron chi connectivity index (χ3n) is 4.77. The normalized spacial score (nSPS) is 10.7. The van der Waals surface area contributed by atoms with E-state index in [1.807, 2.05) is 43.3 Å². The van der Waals surface area contributed by atoms with Crippen LogP contribution in [-0.4, -0.2) is 34.7 Å². The number of aromatic nitrogens is 3. The molecule has 2 heterocycles. The van der Waals surface area contributed by atoms with E-state index < -0.39 is 0 Å². The van der Waals surface area contributed by atoms with Crippen LogP contribution in [-0.2, 0) is 0 Å². The summed E-state index contributed by atoms with van der Waals surface area (Å²) in [7, 11) is 3.20. The lowest BCUT2D eigenvalue weighted by Gasteiger charge is -2.11. The smallest absolute Gasteiger partial charge is 0.259 e. The van der Waals surface area contributed by atoms with E-state index in [9.17, 15) is 4.79 Å². The largest absolute Gasteiger partial charge is 0.497 e. The molecule has 146 valence electrons. The number of carbonyl (C=O) groups excluding carboxylic acids is 1. The molecule has 0 aliphatic rings. The molecular formula is C22H20N4O3. The minimum atomic E-state index is -0.275. The molecule has 2 aromatic heterocycles. The average Bonchev–Trinajstić information content (AvgIpc) is 3.19. The summed E-state index contributed by atoms with van der Waals surface area (Å²) in [5, 5.41) is 7.31. The molecule has 0 atom stereocenters. The number of fused-ring (bicyclic) bond motifs is 1. The van der Waals surface area contributed by atoms with Gasteiger partial charge in [0, 0.05) is 11.8 Å². The van der Waals surface area contributed by atoms with Crippen molar-refractivity contribution in [3.05, 3.63) is 72.2 Å². The van der Waals surface area contributed by atoms with E-state index in [1.165, 1.54) is 0 Å². The predicted octanol–water partition coefficient (Wildman–Crippen LogP) is 3.97. The number of aryl methyl sites for hydroxylation is 1. The zero-order valence-electron chi connectivity index (χ0n) is 16.3. The lowest BCUT2D eigenvalue weighted by molar-refractivity contribution is 0.102. The van der Waals surface area contributed by atoms with Gasteiger partial charge in [0.1, 0.15) is 11.5 Å². The highest BCUT2D eigenvalue weighted by Crippen LogP contribution is 2.27. The van der Waals surface area contributed by atoms with Gasteiger partial charge >= 0.3 is 0 Å². The summed E-state index contributed by atoms with van der Waals surface area (Å²) >= 11 is 0. The van der Waals surface area contributed by atoms with E-state index in [2.05, 4.69) is 15.4 Å². The Morgan fingerprint density at radius 1 is 1.00 bits per heavy atom. The Labute approximate surface area is 167 Å². The fourth-order valence-electron chi connectivity index (χ4n) is 3.18. The average molecular weight is 388 g/mol. The highest BCUT2D eigenvalue weighted by atomic mass is 16.5. The number of amides is 1. The van der Waals surface area contributed by atoms with Crippen LogP contribution in [0.1, 0.15) is 16.1 Å². The maximum atomic E-state index is 12.8. The Balaban J connectivity index is 1.68. The third-order valence-corrected chi connectivity index (χ3v) is 4.77. The number of benzene rings is 2. The first kappa shape index (κ1) is 18.5. The topological polar surface area (TPSA) is 77.8 Å². The van der Waals surface area contributed by atoms with Crippen LogP contribution in [0.4, 0.5) is 5.69 Å².